The van der Waals surface area contributed by atoms with Gasteiger partial charge in [-0.3, -0.25) is 4.79 Å². The largest absolute Gasteiger partial charge is 0.453 e. The van der Waals surface area contributed by atoms with Crippen LogP contribution < -0.4 is 4.72 Å². The number of hydrogen-bond acceptors (Lipinski definition) is 4. The fraction of sp³-hybridized carbons (Fsp3) is 0.214. The molecule has 1 aromatic heterocycles. The highest BCUT2D eigenvalue weighted by atomic mass is 32.2. The zero-order chi connectivity index (χ0) is 14.8. The van der Waals surface area contributed by atoms with Crippen molar-refractivity contribution in [3.8, 4) is 11.3 Å². The first kappa shape index (κ1) is 14.5. The molecule has 1 heterocycles. The van der Waals surface area contributed by atoms with Gasteiger partial charge in [-0.25, -0.2) is 13.1 Å². The normalized spacial score (nSPS) is 11.5. The molecule has 0 saturated carbocycles. The van der Waals surface area contributed by atoms with Gasteiger partial charge in [-0.05, 0) is 42.8 Å². The van der Waals surface area contributed by atoms with Gasteiger partial charge in [0.05, 0.1) is 4.90 Å². The second-order valence-corrected chi connectivity index (χ2v) is 6.06. The number of hydrogen-bond donors (Lipinski definition) is 1. The number of furan rings is 1. The number of carbonyl (C=O) groups excluding carboxylic acids is 1. The van der Waals surface area contributed by atoms with Gasteiger partial charge in [-0.1, -0.05) is 6.92 Å². The molecule has 0 radical (unpaired) electrons. The van der Waals surface area contributed by atoms with Crippen LogP contribution >= 0.6 is 0 Å². The van der Waals surface area contributed by atoms with Crippen molar-refractivity contribution in [2.24, 2.45) is 0 Å². The van der Waals surface area contributed by atoms with E-state index in [1.54, 1.807) is 38.1 Å². The average Bonchev–Trinajstić information content (AvgIpc) is 2.87. The first-order chi connectivity index (χ1) is 9.47. The minimum Gasteiger partial charge on any atom is -0.453 e. The van der Waals surface area contributed by atoms with E-state index in [0.29, 0.717) is 18.6 Å². The Morgan fingerprint density at radius 3 is 2.55 bits per heavy atom. The molecule has 0 saturated heterocycles. The summed E-state index contributed by atoms with van der Waals surface area (Å²) in [6.45, 7) is 3.86. The lowest BCUT2D eigenvalue weighted by molar-refractivity contribution is 0.110. The van der Waals surface area contributed by atoms with Crippen LogP contribution in [-0.2, 0) is 10.0 Å². The molecule has 106 valence electrons. The monoisotopic (exact) mass is 293 g/mol. The molecular weight excluding hydrogens is 278 g/mol. The molecule has 6 heteroatoms. The smallest absolute Gasteiger partial charge is 0.240 e. The lowest BCUT2D eigenvalue weighted by atomic mass is 10.1. The Hall–Kier alpha value is -1.92. The Kier molecular flexibility index (Phi) is 4.06. The zero-order valence-electron chi connectivity index (χ0n) is 11.2. The van der Waals surface area contributed by atoms with Gasteiger partial charge >= 0.3 is 0 Å². The molecule has 0 spiro atoms. The van der Waals surface area contributed by atoms with Crippen LogP contribution in [0.15, 0.2) is 39.6 Å². The van der Waals surface area contributed by atoms with Crippen molar-refractivity contribution in [2.75, 3.05) is 6.54 Å². The molecule has 0 bridgehead atoms. The predicted molar refractivity (Wildman–Crippen MR) is 75.1 cm³/mol. The quantitative estimate of drug-likeness (QED) is 0.859. The number of nitrogens with one attached hydrogen (secondary N) is 1. The summed E-state index contributed by atoms with van der Waals surface area (Å²) in [6, 6.07) is 8.03. The second kappa shape index (κ2) is 5.60. The Balaban J connectivity index is 2.42. The topological polar surface area (TPSA) is 76.4 Å². The van der Waals surface area contributed by atoms with Crippen molar-refractivity contribution < 1.29 is 17.6 Å². The molecule has 2 aromatic rings. The highest BCUT2D eigenvalue weighted by Gasteiger charge is 2.15. The van der Waals surface area contributed by atoms with Crippen molar-refractivity contribution in [3.63, 3.8) is 0 Å². The Morgan fingerprint density at radius 1 is 1.25 bits per heavy atom. The molecule has 1 N–H and O–H groups in total. The standard InChI is InChI=1S/C14H15NO4S/c1-3-15-20(17,18)12-5-6-13(10(2)8-12)14-7-4-11(9-16)19-14/h4-9,15H,3H2,1-2H3. The van der Waals surface area contributed by atoms with Crippen LogP contribution in [0, 0.1) is 6.92 Å². The minimum atomic E-state index is -3.47. The summed E-state index contributed by atoms with van der Waals surface area (Å²) in [5.74, 6) is 0.778. The van der Waals surface area contributed by atoms with Gasteiger partial charge in [0.2, 0.25) is 10.0 Å². The van der Waals surface area contributed by atoms with Crippen LogP contribution in [0.25, 0.3) is 11.3 Å². The predicted octanol–water partition coefficient (Wildman–Crippen LogP) is 2.37. The van der Waals surface area contributed by atoms with Crippen LogP contribution in [0.4, 0.5) is 0 Å². The van der Waals surface area contributed by atoms with Crippen molar-refractivity contribution in [3.05, 3.63) is 41.7 Å². The van der Waals surface area contributed by atoms with Gasteiger partial charge in [-0.15, -0.1) is 0 Å². The molecule has 2 rings (SSSR count). The first-order valence-corrected chi connectivity index (χ1v) is 7.62. The van der Waals surface area contributed by atoms with E-state index in [1.807, 2.05) is 0 Å². The van der Waals surface area contributed by atoms with E-state index in [4.69, 9.17) is 4.42 Å². The number of aldehydes is 1. The summed E-state index contributed by atoms with van der Waals surface area (Å²) in [5.41, 5.74) is 1.52. The summed E-state index contributed by atoms with van der Waals surface area (Å²) in [6.07, 6.45) is 0.628. The molecule has 0 atom stereocenters. The van der Waals surface area contributed by atoms with Crippen LogP contribution in [0.2, 0.25) is 0 Å². The van der Waals surface area contributed by atoms with Gasteiger partial charge in [0, 0.05) is 12.1 Å². The van der Waals surface area contributed by atoms with Crippen LogP contribution in [0.1, 0.15) is 23.0 Å². The maximum Gasteiger partial charge on any atom is 0.240 e. The summed E-state index contributed by atoms with van der Waals surface area (Å²) >= 11 is 0. The van der Waals surface area contributed by atoms with E-state index in [2.05, 4.69) is 4.72 Å². The highest BCUT2D eigenvalue weighted by Crippen LogP contribution is 2.27. The molecular formula is C14H15NO4S. The lowest BCUT2D eigenvalue weighted by Crippen LogP contribution is -2.23. The maximum absolute atomic E-state index is 11.9. The zero-order valence-corrected chi connectivity index (χ0v) is 12.0. The van der Waals surface area contributed by atoms with Crippen LogP contribution in [0.5, 0.6) is 0 Å². The molecule has 5 nitrogen and oxygen atoms in total. The lowest BCUT2D eigenvalue weighted by Gasteiger charge is -2.08. The van der Waals surface area contributed by atoms with E-state index >= 15 is 0 Å². The van der Waals surface area contributed by atoms with Gasteiger partial charge in [0.1, 0.15) is 5.76 Å². The molecule has 1 aromatic carbocycles. The van der Waals surface area contributed by atoms with Gasteiger partial charge in [0.25, 0.3) is 0 Å². The van der Waals surface area contributed by atoms with Gasteiger partial charge in [-0.2, -0.15) is 0 Å². The molecule has 0 aliphatic rings. The van der Waals surface area contributed by atoms with Crippen LogP contribution in [0.3, 0.4) is 0 Å². The van der Waals surface area contributed by atoms with E-state index < -0.39 is 10.0 Å². The van der Waals surface area contributed by atoms with Crippen LogP contribution in [-0.4, -0.2) is 21.2 Å². The Labute approximate surface area is 117 Å². The molecule has 0 unspecified atom stereocenters. The second-order valence-electron chi connectivity index (χ2n) is 4.30. The van der Waals surface area contributed by atoms with Crippen molar-refractivity contribution >= 4 is 16.3 Å². The number of benzene rings is 1. The Morgan fingerprint density at radius 2 is 2.00 bits per heavy atom. The van der Waals surface area contributed by atoms with E-state index in [-0.39, 0.29) is 10.7 Å². The van der Waals surface area contributed by atoms with Crippen molar-refractivity contribution in [1.29, 1.82) is 0 Å². The SMILES string of the molecule is CCNS(=O)(=O)c1ccc(-c2ccc(C=O)o2)c(C)c1. The van der Waals surface area contributed by atoms with E-state index in [1.165, 1.54) is 6.07 Å². The molecule has 0 amide bonds. The minimum absolute atomic E-state index is 0.211. The third-order valence-corrected chi connectivity index (χ3v) is 4.39. The third kappa shape index (κ3) is 2.81. The number of sulfonamides is 1. The summed E-state index contributed by atoms with van der Waals surface area (Å²) in [5, 5.41) is 0. The van der Waals surface area contributed by atoms with Gasteiger partial charge in [0.15, 0.2) is 12.0 Å². The fourth-order valence-electron chi connectivity index (χ4n) is 1.91. The summed E-state index contributed by atoms with van der Waals surface area (Å²) in [7, 11) is -3.47. The molecule has 0 aliphatic heterocycles. The first-order valence-electron chi connectivity index (χ1n) is 6.13. The highest BCUT2D eigenvalue weighted by molar-refractivity contribution is 7.89. The average molecular weight is 293 g/mol. The molecule has 0 fully saturated rings. The van der Waals surface area contributed by atoms with Gasteiger partial charge < -0.3 is 4.42 Å². The fourth-order valence-corrected chi connectivity index (χ4v) is 3.04. The number of aryl methyl sites for hydroxylation is 1. The number of rotatable bonds is 5. The molecule has 20 heavy (non-hydrogen) atoms. The maximum atomic E-state index is 11.9. The Bertz CT molecular complexity index is 731. The third-order valence-electron chi connectivity index (χ3n) is 2.85. The van der Waals surface area contributed by atoms with Crippen molar-refractivity contribution in [1.82, 2.24) is 4.72 Å². The number of carbonyl (C=O) groups is 1. The summed E-state index contributed by atoms with van der Waals surface area (Å²) in [4.78, 5) is 10.8. The summed E-state index contributed by atoms with van der Waals surface area (Å²) < 4.78 is 31.6. The van der Waals surface area contributed by atoms with Crippen molar-refractivity contribution in [2.45, 2.75) is 18.7 Å². The van der Waals surface area contributed by atoms with E-state index in [9.17, 15) is 13.2 Å². The molecule has 0 aliphatic carbocycles. The van der Waals surface area contributed by atoms with E-state index in [0.717, 1.165) is 11.1 Å².